The number of aliphatic hydroxyl groups excluding tert-OH is 1. The van der Waals surface area contributed by atoms with Crippen molar-refractivity contribution in [2.75, 3.05) is 39.4 Å². The van der Waals surface area contributed by atoms with Gasteiger partial charge in [0.2, 0.25) is 0 Å². The maximum atomic E-state index is 13.6. The summed E-state index contributed by atoms with van der Waals surface area (Å²) in [4.78, 5) is 14.2. The van der Waals surface area contributed by atoms with Crippen molar-refractivity contribution in [1.29, 1.82) is 0 Å². The van der Waals surface area contributed by atoms with Gasteiger partial charge >= 0.3 is 0 Å². The van der Waals surface area contributed by atoms with Crippen LogP contribution in [0.3, 0.4) is 0 Å². The van der Waals surface area contributed by atoms with Crippen LogP contribution in [0.4, 0.5) is 4.39 Å². The molecule has 1 saturated heterocycles. The molecule has 0 aliphatic carbocycles. The lowest BCUT2D eigenvalue weighted by atomic mass is 10.1. The summed E-state index contributed by atoms with van der Waals surface area (Å²) in [5, 5.41) is 12.7. The van der Waals surface area contributed by atoms with Crippen molar-refractivity contribution in [1.82, 2.24) is 10.2 Å². The van der Waals surface area contributed by atoms with Gasteiger partial charge in [-0.3, -0.25) is 9.69 Å². The molecule has 0 spiro atoms. The quantitative estimate of drug-likeness (QED) is 0.847. The summed E-state index contributed by atoms with van der Waals surface area (Å²) in [6, 6.07) is 3.04. The lowest BCUT2D eigenvalue weighted by Crippen LogP contribution is -2.44. The number of benzene rings is 1. The smallest absolute Gasteiger partial charge is 0.251 e. The number of hydrogen-bond acceptors (Lipinski definition) is 4. The fourth-order valence-electron chi connectivity index (χ4n) is 2.54. The molecule has 1 aliphatic rings. The SMILES string of the molecule is Cc1cc(C(=O)NCC(O)CN2CCOCC2)cc(C)c1F. The third-order valence-corrected chi connectivity index (χ3v) is 3.77. The molecule has 0 aromatic heterocycles. The van der Waals surface area contributed by atoms with Gasteiger partial charge in [0.15, 0.2) is 0 Å². The Morgan fingerprint density at radius 2 is 1.95 bits per heavy atom. The molecule has 1 unspecified atom stereocenters. The van der Waals surface area contributed by atoms with Crippen molar-refractivity contribution < 1.29 is 19.0 Å². The van der Waals surface area contributed by atoms with Crippen molar-refractivity contribution in [3.05, 3.63) is 34.6 Å². The van der Waals surface area contributed by atoms with Gasteiger partial charge in [0, 0.05) is 31.7 Å². The summed E-state index contributed by atoms with van der Waals surface area (Å²) >= 11 is 0. The molecule has 1 atom stereocenters. The first-order valence-electron chi connectivity index (χ1n) is 7.50. The molecule has 6 heteroatoms. The minimum atomic E-state index is -0.635. The third kappa shape index (κ3) is 4.50. The fraction of sp³-hybridized carbons (Fsp3) is 0.562. The standard InChI is InChI=1S/C16H23FN2O3/c1-11-7-13(8-12(2)15(11)17)16(21)18-9-14(20)10-19-3-5-22-6-4-19/h7-8,14,20H,3-6,9-10H2,1-2H3,(H,18,21). The lowest BCUT2D eigenvalue weighted by Gasteiger charge is -2.28. The van der Waals surface area contributed by atoms with Crippen molar-refractivity contribution in [3.8, 4) is 0 Å². The van der Waals surface area contributed by atoms with Gasteiger partial charge in [0.25, 0.3) is 5.91 Å². The molecule has 1 heterocycles. The van der Waals surface area contributed by atoms with Crippen LogP contribution in [0.15, 0.2) is 12.1 Å². The van der Waals surface area contributed by atoms with Crippen LogP contribution in [-0.4, -0.2) is 61.4 Å². The highest BCUT2D eigenvalue weighted by molar-refractivity contribution is 5.94. The molecule has 1 aromatic carbocycles. The van der Waals surface area contributed by atoms with Crippen LogP contribution in [-0.2, 0) is 4.74 Å². The van der Waals surface area contributed by atoms with E-state index < -0.39 is 6.10 Å². The predicted octanol–water partition coefficient (Wildman–Crippen LogP) is 0.865. The summed E-state index contributed by atoms with van der Waals surface area (Å²) < 4.78 is 18.8. The molecule has 1 amide bonds. The minimum Gasteiger partial charge on any atom is -0.390 e. The van der Waals surface area contributed by atoms with Crippen LogP contribution in [0.1, 0.15) is 21.5 Å². The number of amides is 1. The van der Waals surface area contributed by atoms with Crippen molar-refractivity contribution in [2.45, 2.75) is 20.0 Å². The van der Waals surface area contributed by atoms with Gasteiger partial charge in [0.05, 0.1) is 19.3 Å². The second-order valence-corrected chi connectivity index (χ2v) is 5.70. The number of hydrogen-bond donors (Lipinski definition) is 2. The van der Waals surface area contributed by atoms with Crippen molar-refractivity contribution in [2.24, 2.45) is 0 Å². The first-order chi connectivity index (χ1) is 10.5. The van der Waals surface area contributed by atoms with Gasteiger partial charge in [-0.25, -0.2) is 4.39 Å². The molecule has 122 valence electrons. The monoisotopic (exact) mass is 310 g/mol. The van der Waals surface area contributed by atoms with E-state index in [1.165, 1.54) is 12.1 Å². The molecule has 0 bridgehead atoms. The zero-order valence-electron chi connectivity index (χ0n) is 13.1. The van der Waals surface area contributed by atoms with Crippen LogP contribution >= 0.6 is 0 Å². The van der Waals surface area contributed by atoms with E-state index in [0.29, 0.717) is 36.4 Å². The summed E-state index contributed by atoms with van der Waals surface area (Å²) in [5.74, 6) is -0.587. The van der Waals surface area contributed by atoms with Gasteiger partial charge in [0.1, 0.15) is 5.82 Å². The fourth-order valence-corrected chi connectivity index (χ4v) is 2.54. The Bertz CT molecular complexity index is 507. The first kappa shape index (κ1) is 16.9. The van der Waals surface area contributed by atoms with Gasteiger partial charge in [-0.05, 0) is 37.1 Å². The number of aliphatic hydroxyl groups is 1. The summed E-state index contributed by atoms with van der Waals surface area (Å²) in [6.45, 7) is 6.87. The molecule has 1 fully saturated rings. The summed E-state index contributed by atoms with van der Waals surface area (Å²) in [6.07, 6.45) is -0.635. The van der Waals surface area contributed by atoms with Gasteiger partial charge in [-0.1, -0.05) is 0 Å². The number of β-amino-alcohol motifs (C(OH)–C–C–N with tert-alkyl or cyclic N) is 1. The zero-order chi connectivity index (χ0) is 16.1. The largest absolute Gasteiger partial charge is 0.390 e. The van der Waals surface area contributed by atoms with Crippen LogP contribution in [0.2, 0.25) is 0 Å². The van der Waals surface area contributed by atoms with Gasteiger partial charge in [-0.2, -0.15) is 0 Å². The van der Waals surface area contributed by atoms with E-state index in [9.17, 15) is 14.3 Å². The second kappa shape index (κ2) is 7.67. The minimum absolute atomic E-state index is 0.172. The molecule has 22 heavy (non-hydrogen) atoms. The maximum Gasteiger partial charge on any atom is 0.251 e. The maximum absolute atomic E-state index is 13.6. The number of nitrogens with one attached hydrogen (secondary N) is 1. The molecule has 2 N–H and O–H groups in total. The van der Waals surface area contributed by atoms with E-state index in [1.54, 1.807) is 13.8 Å². The number of halogens is 1. The highest BCUT2D eigenvalue weighted by atomic mass is 19.1. The van der Waals surface area contributed by atoms with Gasteiger partial charge < -0.3 is 15.2 Å². The summed E-state index contributed by atoms with van der Waals surface area (Å²) in [5.41, 5.74) is 1.30. The molecule has 2 rings (SSSR count). The number of aryl methyl sites for hydroxylation is 2. The Labute approximate surface area is 130 Å². The van der Waals surface area contributed by atoms with Crippen LogP contribution in [0.25, 0.3) is 0 Å². The predicted molar refractivity (Wildman–Crippen MR) is 81.5 cm³/mol. The number of carbonyl (C=O) groups excluding carboxylic acids is 1. The third-order valence-electron chi connectivity index (χ3n) is 3.77. The Morgan fingerprint density at radius 1 is 1.36 bits per heavy atom. The number of nitrogens with zero attached hydrogens (tertiary/aromatic N) is 1. The summed E-state index contributed by atoms with van der Waals surface area (Å²) in [7, 11) is 0. The molecule has 1 aromatic rings. The first-order valence-corrected chi connectivity index (χ1v) is 7.50. The van der Waals surface area contributed by atoms with E-state index in [4.69, 9.17) is 4.74 Å². The Hall–Kier alpha value is -1.50. The molecule has 0 radical (unpaired) electrons. The highest BCUT2D eigenvalue weighted by Gasteiger charge is 2.16. The van der Waals surface area contributed by atoms with Crippen molar-refractivity contribution >= 4 is 5.91 Å². The van der Waals surface area contributed by atoms with E-state index >= 15 is 0 Å². The molecule has 5 nitrogen and oxygen atoms in total. The average molecular weight is 310 g/mol. The Balaban J connectivity index is 1.84. The Kier molecular flexibility index (Phi) is 5.88. The van der Waals surface area contributed by atoms with Crippen molar-refractivity contribution in [3.63, 3.8) is 0 Å². The molecule has 1 aliphatic heterocycles. The van der Waals surface area contributed by atoms with Gasteiger partial charge in [-0.15, -0.1) is 0 Å². The van der Waals surface area contributed by atoms with E-state index in [1.807, 2.05) is 0 Å². The topological polar surface area (TPSA) is 61.8 Å². The highest BCUT2D eigenvalue weighted by Crippen LogP contribution is 2.14. The van der Waals surface area contributed by atoms with Crippen LogP contribution in [0, 0.1) is 19.7 Å². The number of rotatable bonds is 5. The van der Waals surface area contributed by atoms with Crippen LogP contribution < -0.4 is 5.32 Å². The number of ether oxygens (including phenoxy) is 1. The molecular formula is C16H23FN2O3. The van der Waals surface area contributed by atoms with E-state index in [0.717, 1.165) is 13.1 Å². The Morgan fingerprint density at radius 3 is 2.55 bits per heavy atom. The lowest BCUT2D eigenvalue weighted by molar-refractivity contribution is 0.0149. The molecule has 0 saturated carbocycles. The van der Waals surface area contributed by atoms with E-state index in [2.05, 4.69) is 10.2 Å². The van der Waals surface area contributed by atoms with Crippen LogP contribution in [0.5, 0.6) is 0 Å². The molecular weight excluding hydrogens is 287 g/mol. The normalized spacial score (nSPS) is 17.3. The van der Waals surface area contributed by atoms with E-state index in [-0.39, 0.29) is 18.3 Å². The average Bonchev–Trinajstić information content (AvgIpc) is 2.50. The second-order valence-electron chi connectivity index (χ2n) is 5.70. The number of carbonyl (C=O) groups is 1. The zero-order valence-corrected chi connectivity index (χ0v) is 13.1. The number of morpholine rings is 1.